The predicted molar refractivity (Wildman–Crippen MR) is 50.7 cm³/mol. The molecule has 0 aromatic heterocycles. The number of hydrogen-bond donors (Lipinski definition) is 1. The molecule has 1 atom stereocenters. The van der Waals surface area contributed by atoms with Crippen molar-refractivity contribution in [3.05, 3.63) is 0 Å². The SMILES string of the molecule is C.CC.CC1(CN)CCOC1. The van der Waals surface area contributed by atoms with Crippen molar-refractivity contribution in [1.82, 2.24) is 0 Å². The minimum atomic E-state index is 0. The van der Waals surface area contributed by atoms with Gasteiger partial charge in [-0.15, -0.1) is 0 Å². The van der Waals surface area contributed by atoms with Crippen LogP contribution in [0, 0.1) is 5.41 Å². The lowest BCUT2D eigenvalue weighted by Gasteiger charge is -2.17. The van der Waals surface area contributed by atoms with Crippen molar-refractivity contribution in [1.29, 1.82) is 0 Å². The summed E-state index contributed by atoms with van der Waals surface area (Å²) in [7, 11) is 0. The maximum absolute atomic E-state index is 5.49. The Kier molecular flexibility index (Phi) is 8.13. The third kappa shape index (κ3) is 4.38. The van der Waals surface area contributed by atoms with Gasteiger partial charge >= 0.3 is 0 Å². The molecule has 70 valence electrons. The number of hydrogen-bond acceptors (Lipinski definition) is 2. The highest BCUT2D eigenvalue weighted by molar-refractivity contribution is 4.78. The first-order valence-electron chi connectivity index (χ1n) is 4.05. The Morgan fingerprint density at radius 3 is 2.18 bits per heavy atom. The molecule has 1 rings (SSSR count). The Hall–Kier alpha value is -0.0800. The van der Waals surface area contributed by atoms with E-state index < -0.39 is 0 Å². The number of ether oxygens (including phenoxy) is 1. The summed E-state index contributed by atoms with van der Waals surface area (Å²) in [6, 6.07) is 0. The third-order valence-electron chi connectivity index (χ3n) is 1.79. The molecule has 0 spiro atoms. The van der Waals surface area contributed by atoms with E-state index in [2.05, 4.69) is 6.92 Å². The minimum absolute atomic E-state index is 0. The van der Waals surface area contributed by atoms with E-state index in [0.717, 1.165) is 26.2 Å². The van der Waals surface area contributed by atoms with E-state index in [0.29, 0.717) is 5.41 Å². The fraction of sp³-hybridized carbons (Fsp3) is 1.00. The highest BCUT2D eigenvalue weighted by Gasteiger charge is 2.27. The molecule has 0 aromatic rings. The first-order valence-corrected chi connectivity index (χ1v) is 4.05. The van der Waals surface area contributed by atoms with Gasteiger partial charge in [-0.05, 0) is 13.0 Å². The monoisotopic (exact) mass is 161 g/mol. The third-order valence-corrected chi connectivity index (χ3v) is 1.79. The quantitative estimate of drug-likeness (QED) is 0.638. The molecule has 2 N–H and O–H groups in total. The first kappa shape index (κ1) is 13.5. The van der Waals surface area contributed by atoms with Crippen LogP contribution in [0.3, 0.4) is 0 Å². The number of rotatable bonds is 1. The molecular weight excluding hydrogens is 138 g/mol. The standard InChI is InChI=1S/C6H13NO.C2H6.CH4/c1-6(4-7)2-3-8-5-6;1-2;/h2-5,7H2,1H3;1-2H3;1H4. The Bertz CT molecular complexity index is 77.6. The van der Waals surface area contributed by atoms with Gasteiger partial charge in [0.25, 0.3) is 0 Å². The van der Waals surface area contributed by atoms with Crippen molar-refractivity contribution in [3.8, 4) is 0 Å². The molecule has 2 nitrogen and oxygen atoms in total. The van der Waals surface area contributed by atoms with Crippen LogP contribution in [0.5, 0.6) is 0 Å². The first-order chi connectivity index (χ1) is 4.77. The van der Waals surface area contributed by atoms with Crippen LogP contribution in [0.25, 0.3) is 0 Å². The summed E-state index contributed by atoms with van der Waals surface area (Å²) in [5.41, 5.74) is 5.78. The van der Waals surface area contributed by atoms with Gasteiger partial charge in [-0.3, -0.25) is 0 Å². The van der Waals surface area contributed by atoms with Crippen LogP contribution in [0.4, 0.5) is 0 Å². The normalized spacial score (nSPS) is 28.4. The molecule has 1 fully saturated rings. The molecule has 1 aliphatic heterocycles. The van der Waals surface area contributed by atoms with E-state index >= 15 is 0 Å². The van der Waals surface area contributed by atoms with E-state index in [1.807, 2.05) is 13.8 Å². The molecule has 2 heteroatoms. The van der Waals surface area contributed by atoms with Crippen molar-refractivity contribution in [3.63, 3.8) is 0 Å². The topological polar surface area (TPSA) is 35.2 Å². The Morgan fingerprint density at radius 2 is 2.00 bits per heavy atom. The summed E-state index contributed by atoms with van der Waals surface area (Å²) in [4.78, 5) is 0. The van der Waals surface area contributed by atoms with E-state index in [1.54, 1.807) is 0 Å². The van der Waals surface area contributed by atoms with E-state index in [-0.39, 0.29) is 7.43 Å². The molecule has 0 bridgehead atoms. The molecule has 0 radical (unpaired) electrons. The average Bonchev–Trinajstić information content (AvgIpc) is 2.42. The lowest BCUT2D eigenvalue weighted by Crippen LogP contribution is -2.26. The average molecular weight is 161 g/mol. The van der Waals surface area contributed by atoms with Gasteiger partial charge in [0.15, 0.2) is 0 Å². The Balaban J connectivity index is 0. The largest absolute Gasteiger partial charge is 0.381 e. The zero-order chi connectivity index (χ0) is 8.04. The predicted octanol–water partition coefficient (Wildman–Crippen LogP) is 2.03. The highest BCUT2D eigenvalue weighted by Crippen LogP contribution is 2.25. The fourth-order valence-electron chi connectivity index (χ4n) is 0.870. The summed E-state index contributed by atoms with van der Waals surface area (Å²) >= 11 is 0. The van der Waals surface area contributed by atoms with Gasteiger partial charge in [-0.2, -0.15) is 0 Å². The molecule has 1 aliphatic rings. The molecular formula is C9H23NO. The van der Waals surface area contributed by atoms with E-state index in [1.165, 1.54) is 0 Å². The maximum Gasteiger partial charge on any atom is 0.0532 e. The van der Waals surface area contributed by atoms with Crippen LogP contribution < -0.4 is 5.73 Å². The molecule has 1 unspecified atom stereocenters. The highest BCUT2D eigenvalue weighted by atomic mass is 16.5. The molecule has 0 aromatic carbocycles. The second-order valence-electron chi connectivity index (χ2n) is 2.82. The van der Waals surface area contributed by atoms with Crippen LogP contribution >= 0.6 is 0 Å². The van der Waals surface area contributed by atoms with Crippen molar-refractivity contribution in [2.75, 3.05) is 19.8 Å². The lowest BCUT2D eigenvalue weighted by atomic mass is 9.91. The van der Waals surface area contributed by atoms with Crippen LogP contribution in [0.1, 0.15) is 34.6 Å². The molecule has 0 amide bonds. The second kappa shape index (κ2) is 6.62. The van der Waals surface area contributed by atoms with Crippen molar-refractivity contribution in [2.45, 2.75) is 34.6 Å². The van der Waals surface area contributed by atoms with E-state index in [9.17, 15) is 0 Å². The summed E-state index contributed by atoms with van der Waals surface area (Å²) in [6.07, 6.45) is 1.13. The number of nitrogens with two attached hydrogens (primary N) is 1. The summed E-state index contributed by atoms with van der Waals surface area (Å²) in [5, 5.41) is 0. The lowest BCUT2D eigenvalue weighted by molar-refractivity contribution is 0.162. The van der Waals surface area contributed by atoms with Gasteiger partial charge in [0, 0.05) is 12.0 Å². The minimum Gasteiger partial charge on any atom is -0.381 e. The zero-order valence-corrected chi connectivity index (χ0v) is 7.31. The van der Waals surface area contributed by atoms with Gasteiger partial charge in [0.1, 0.15) is 0 Å². The van der Waals surface area contributed by atoms with Gasteiger partial charge in [-0.25, -0.2) is 0 Å². The van der Waals surface area contributed by atoms with E-state index in [4.69, 9.17) is 10.5 Å². The Labute approximate surface area is 71.1 Å². The van der Waals surface area contributed by atoms with Crippen LogP contribution in [-0.2, 0) is 4.74 Å². The van der Waals surface area contributed by atoms with Gasteiger partial charge in [-0.1, -0.05) is 28.2 Å². The molecule has 11 heavy (non-hydrogen) atoms. The molecule has 1 heterocycles. The Morgan fingerprint density at radius 1 is 1.45 bits per heavy atom. The summed E-state index contributed by atoms with van der Waals surface area (Å²) in [6.45, 7) is 8.67. The molecule has 1 saturated heterocycles. The molecule has 0 aliphatic carbocycles. The summed E-state index contributed by atoms with van der Waals surface area (Å²) < 4.78 is 5.17. The van der Waals surface area contributed by atoms with Gasteiger partial charge < -0.3 is 10.5 Å². The zero-order valence-electron chi connectivity index (χ0n) is 7.31. The second-order valence-corrected chi connectivity index (χ2v) is 2.82. The molecule has 0 saturated carbocycles. The van der Waals surface area contributed by atoms with Crippen LogP contribution in [-0.4, -0.2) is 19.8 Å². The smallest absolute Gasteiger partial charge is 0.0532 e. The summed E-state index contributed by atoms with van der Waals surface area (Å²) in [5.74, 6) is 0. The van der Waals surface area contributed by atoms with Crippen molar-refractivity contribution >= 4 is 0 Å². The van der Waals surface area contributed by atoms with Crippen LogP contribution in [0.2, 0.25) is 0 Å². The maximum atomic E-state index is 5.49. The van der Waals surface area contributed by atoms with Crippen molar-refractivity contribution in [2.24, 2.45) is 11.1 Å². The fourth-order valence-corrected chi connectivity index (χ4v) is 0.870. The van der Waals surface area contributed by atoms with Gasteiger partial charge in [0.05, 0.1) is 6.61 Å². The van der Waals surface area contributed by atoms with Gasteiger partial charge in [0.2, 0.25) is 0 Å². The van der Waals surface area contributed by atoms with Crippen LogP contribution in [0.15, 0.2) is 0 Å². The van der Waals surface area contributed by atoms with Crippen molar-refractivity contribution < 1.29 is 4.74 Å².